The fourth-order valence-electron chi connectivity index (χ4n) is 6.00. The van der Waals surface area contributed by atoms with E-state index in [1.165, 1.54) is 0 Å². The van der Waals surface area contributed by atoms with Crippen molar-refractivity contribution in [2.75, 3.05) is 24.6 Å². The van der Waals surface area contributed by atoms with E-state index in [0.29, 0.717) is 27.9 Å². The highest BCUT2D eigenvalue weighted by Crippen LogP contribution is 2.55. The number of aliphatic hydroxyl groups excluding tert-OH is 1. The summed E-state index contributed by atoms with van der Waals surface area (Å²) in [7, 11) is 0. The van der Waals surface area contributed by atoms with E-state index in [-0.39, 0.29) is 35.5 Å². The second-order valence-electron chi connectivity index (χ2n) is 10.9. The maximum Gasteiger partial charge on any atom is 0.251 e. The normalized spacial score (nSPS) is 23.2. The molecule has 2 fully saturated rings. The largest absolute Gasteiger partial charge is 0.489 e. The zero-order valence-electron chi connectivity index (χ0n) is 20.8. The van der Waals surface area contributed by atoms with Gasteiger partial charge in [0.15, 0.2) is 0 Å². The standard InChI is InChI=1S/C28H34ClN3O3/c1-27(2)25(28(3,4)26(27)35-21-10-11-23(30-5)22(29)16-21)31-24(34)19-6-8-20(9-7-19)32-14-12-18(17-33)13-15-32/h6-11,16,18,25-26,33H,12-15,17H2,1-4H3,(H,31,34). The molecule has 1 saturated heterocycles. The van der Waals surface area contributed by atoms with Gasteiger partial charge in [0.1, 0.15) is 11.9 Å². The third-order valence-corrected chi connectivity index (χ3v) is 8.08. The molecule has 0 spiro atoms. The fraction of sp³-hybridized carbons (Fsp3) is 0.500. The van der Waals surface area contributed by atoms with E-state index >= 15 is 0 Å². The van der Waals surface area contributed by atoms with Crippen molar-refractivity contribution in [3.8, 4) is 5.75 Å². The van der Waals surface area contributed by atoms with Crippen LogP contribution in [0.1, 0.15) is 50.9 Å². The third kappa shape index (κ3) is 4.85. The summed E-state index contributed by atoms with van der Waals surface area (Å²) < 4.78 is 6.32. The molecule has 2 aromatic carbocycles. The molecule has 7 heteroatoms. The quantitative estimate of drug-likeness (QED) is 0.503. The molecule has 186 valence electrons. The maximum atomic E-state index is 13.1. The molecule has 0 radical (unpaired) electrons. The molecule has 2 aliphatic rings. The van der Waals surface area contributed by atoms with Crippen molar-refractivity contribution < 1.29 is 14.6 Å². The van der Waals surface area contributed by atoms with Gasteiger partial charge in [-0.05, 0) is 55.2 Å². The first-order valence-electron chi connectivity index (χ1n) is 12.2. The Hall–Kier alpha value is -2.75. The average molecular weight is 496 g/mol. The Morgan fingerprint density at radius 1 is 1.14 bits per heavy atom. The lowest BCUT2D eigenvalue weighted by molar-refractivity contribution is -0.164. The van der Waals surface area contributed by atoms with Gasteiger partial charge in [0, 0.05) is 47.8 Å². The minimum atomic E-state index is -0.304. The van der Waals surface area contributed by atoms with E-state index < -0.39 is 0 Å². The number of anilines is 1. The summed E-state index contributed by atoms with van der Waals surface area (Å²) in [5, 5.41) is 13.0. The van der Waals surface area contributed by atoms with Gasteiger partial charge in [0.05, 0.1) is 11.6 Å². The second kappa shape index (κ2) is 9.72. The van der Waals surface area contributed by atoms with Crippen LogP contribution in [-0.2, 0) is 0 Å². The fourth-order valence-corrected chi connectivity index (χ4v) is 6.21. The Morgan fingerprint density at radius 3 is 2.31 bits per heavy atom. The summed E-state index contributed by atoms with van der Waals surface area (Å²) >= 11 is 6.19. The summed E-state index contributed by atoms with van der Waals surface area (Å²) in [6, 6.07) is 12.8. The highest BCUT2D eigenvalue weighted by molar-refractivity contribution is 6.33. The van der Waals surface area contributed by atoms with Crippen LogP contribution in [0.4, 0.5) is 11.4 Å². The van der Waals surface area contributed by atoms with Crippen molar-refractivity contribution in [2.24, 2.45) is 16.7 Å². The van der Waals surface area contributed by atoms with Crippen LogP contribution in [0.3, 0.4) is 0 Å². The van der Waals surface area contributed by atoms with Crippen LogP contribution < -0.4 is 15.0 Å². The van der Waals surface area contributed by atoms with Crippen molar-refractivity contribution in [1.82, 2.24) is 5.32 Å². The van der Waals surface area contributed by atoms with E-state index in [1.54, 1.807) is 18.2 Å². The van der Waals surface area contributed by atoms with Gasteiger partial charge in [-0.15, -0.1) is 0 Å². The summed E-state index contributed by atoms with van der Waals surface area (Å²) in [4.78, 5) is 18.8. The van der Waals surface area contributed by atoms with Crippen LogP contribution in [-0.4, -0.2) is 42.9 Å². The molecule has 4 rings (SSSR count). The summed E-state index contributed by atoms with van der Waals surface area (Å²) in [6.45, 7) is 17.7. The Kier molecular flexibility index (Phi) is 7.04. The van der Waals surface area contributed by atoms with Crippen molar-refractivity contribution in [2.45, 2.75) is 52.7 Å². The predicted octanol–water partition coefficient (Wildman–Crippen LogP) is 5.71. The lowest BCUT2D eigenvalue weighted by atomic mass is 9.49. The molecule has 1 aliphatic carbocycles. The Bertz CT molecular complexity index is 1100. The summed E-state index contributed by atoms with van der Waals surface area (Å²) in [6.07, 6.45) is 1.84. The van der Waals surface area contributed by atoms with E-state index in [0.717, 1.165) is 31.6 Å². The number of nitrogens with zero attached hydrogens (tertiary/aromatic N) is 2. The SMILES string of the molecule is [C-]#[N+]c1ccc(OC2C(C)(C)C(NC(=O)c3ccc(N4CCC(CO)CC4)cc3)C2(C)C)cc1Cl. The van der Waals surface area contributed by atoms with Gasteiger partial charge < -0.3 is 20.1 Å². The minimum absolute atomic E-state index is 0.0809. The number of aliphatic hydroxyl groups is 1. The van der Waals surface area contributed by atoms with Gasteiger partial charge >= 0.3 is 0 Å². The predicted molar refractivity (Wildman–Crippen MR) is 139 cm³/mol. The van der Waals surface area contributed by atoms with E-state index in [2.05, 4.69) is 42.8 Å². The molecule has 1 amide bonds. The summed E-state index contributed by atoms with van der Waals surface area (Å²) in [5.74, 6) is 0.926. The van der Waals surface area contributed by atoms with E-state index in [9.17, 15) is 9.90 Å². The first-order chi connectivity index (χ1) is 16.6. The van der Waals surface area contributed by atoms with Gasteiger partial charge in [-0.1, -0.05) is 45.4 Å². The number of hydrogen-bond donors (Lipinski definition) is 2. The molecule has 0 aromatic heterocycles. The molecule has 2 aromatic rings. The molecule has 1 heterocycles. The molecule has 0 atom stereocenters. The van der Waals surface area contributed by atoms with Gasteiger partial charge in [-0.25, -0.2) is 4.85 Å². The number of halogens is 1. The van der Waals surface area contributed by atoms with Crippen molar-refractivity contribution in [3.63, 3.8) is 0 Å². The number of benzene rings is 2. The Balaban J connectivity index is 1.40. The van der Waals surface area contributed by atoms with Crippen LogP contribution in [0.15, 0.2) is 42.5 Å². The zero-order valence-corrected chi connectivity index (χ0v) is 21.6. The summed E-state index contributed by atoms with van der Waals surface area (Å²) in [5.41, 5.74) is 1.54. The molecule has 6 nitrogen and oxygen atoms in total. The smallest absolute Gasteiger partial charge is 0.251 e. The number of piperidine rings is 1. The molecule has 1 aliphatic heterocycles. The number of hydrogen-bond acceptors (Lipinski definition) is 4. The number of carbonyl (C=O) groups is 1. The molecule has 0 unspecified atom stereocenters. The molecular formula is C28H34ClN3O3. The van der Waals surface area contributed by atoms with E-state index in [1.807, 2.05) is 24.3 Å². The van der Waals surface area contributed by atoms with Crippen LogP contribution in [0.25, 0.3) is 4.85 Å². The lowest BCUT2D eigenvalue weighted by Crippen LogP contribution is -2.74. The van der Waals surface area contributed by atoms with Gasteiger partial charge in [0.25, 0.3) is 5.91 Å². The Morgan fingerprint density at radius 2 is 1.77 bits per heavy atom. The lowest BCUT2D eigenvalue weighted by Gasteiger charge is -2.63. The molecule has 1 saturated carbocycles. The molecular weight excluding hydrogens is 462 g/mol. The monoisotopic (exact) mass is 495 g/mol. The maximum absolute atomic E-state index is 13.1. The van der Waals surface area contributed by atoms with Crippen LogP contribution >= 0.6 is 11.6 Å². The van der Waals surface area contributed by atoms with Crippen LogP contribution in [0, 0.1) is 23.3 Å². The highest BCUT2D eigenvalue weighted by atomic mass is 35.5. The first kappa shape index (κ1) is 25.3. The highest BCUT2D eigenvalue weighted by Gasteiger charge is 2.64. The number of nitrogens with one attached hydrogen (secondary N) is 1. The zero-order chi connectivity index (χ0) is 25.4. The number of carbonyl (C=O) groups excluding carboxylic acids is 1. The van der Waals surface area contributed by atoms with Gasteiger partial charge in [-0.3, -0.25) is 4.79 Å². The van der Waals surface area contributed by atoms with Crippen LogP contribution in [0.2, 0.25) is 5.02 Å². The molecule has 0 bridgehead atoms. The third-order valence-electron chi connectivity index (χ3n) is 7.78. The second-order valence-corrected chi connectivity index (χ2v) is 11.3. The van der Waals surface area contributed by atoms with Crippen molar-refractivity contribution >= 4 is 28.9 Å². The number of amides is 1. The minimum Gasteiger partial charge on any atom is -0.489 e. The molecule has 2 N–H and O–H groups in total. The van der Waals surface area contributed by atoms with Crippen molar-refractivity contribution in [3.05, 3.63) is 64.5 Å². The number of rotatable bonds is 6. The van der Waals surface area contributed by atoms with Crippen molar-refractivity contribution in [1.29, 1.82) is 0 Å². The van der Waals surface area contributed by atoms with Crippen LogP contribution in [0.5, 0.6) is 5.75 Å². The van der Waals surface area contributed by atoms with Gasteiger partial charge in [0.2, 0.25) is 5.69 Å². The topological polar surface area (TPSA) is 66.2 Å². The molecule has 35 heavy (non-hydrogen) atoms. The number of ether oxygens (including phenoxy) is 1. The van der Waals surface area contributed by atoms with Gasteiger partial charge in [-0.2, -0.15) is 0 Å². The Labute approximate surface area is 213 Å². The first-order valence-corrected chi connectivity index (χ1v) is 12.6. The average Bonchev–Trinajstić information content (AvgIpc) is 2.85. The van der Waals surface area contributed by atoms with E-state index in [4.69, 9.17) is 22.9 Å².